The van der Waals surface area contributed by atoms with E-state index in [0.717, 1.165) is 5.56 Å². The Bertz CT molecular complexity index is 607. The van der Waals surface area contributed by atoms with Gasteiger partial charge in [-0.1, -0.05) is 23.7 Å². The number of aromatic amines is 1. The molecule has 19 heavy (non-hydrogen) atoms. The lowest BCUT2D eigenvalue weighted by molar-refractivity contribution is -0.135. The van der Waals surface area contributed by atoms with E-state index in [2.05, 4.69) is 15.5 Å². The number of halogens is 1. The molecular weight excluding hydrogens is 270 g/mol. The topological polar surface area (TPSA) is 95.1 Å². The van der Waals surface area contributed by atoms with Gasteiger partial charge in [-0.05, 0) is 18.2 Å². The Morgan fingerprint density at radius 2 is 2.00 bits per heavy atom. The molecule has 0 saturated carbocycles. The molecule has 1 aromatic heterocycles. The molecule has 1 amide bonds. The molecule has 0 aliphatic rings. The van der Waals surface area contributed by atoms with E-state index in [0.29, 0.717) is 10.7 Å². The average Bonchev–Trinajstić information content (AvgIpc) is 2.86. The predicted molar refractivity (Wildman–Crippen MR) is 69.0 cm³/mol. The SMILES string of the molecule is O=C(O)CNC(=O)c1cc(-c2ccc(Cl)cc2)n[nH]1. The molecule has 1 heterocycles. The predicted octanol–water partition coefficient (Wildman–Crippen LogP) is 1.54. The van der Waals surface area contributed by atoms with E-state index in [-0.39, 0.29) is 5.69 Å². The lowest BCUT2D eigenvalue weighted by Crippen LogP contribution is -2.29. The third-order valence-electron chi connectivity index (χ3n) is 2.36. The summed E-state index contributed by atoms with van der Waals surface area (Å²) >= 11 is 5.78. The number of aromatic nitrogens is 2. The summed E-state index contributed by atoms with van der Waals surface area (Å²) in [6, 6.07) is 8.53. The van der Waals surface area contributed by atoms with E-state index in [4.69, 9.17) is 16.7 Å². The van der Waals surface area contributed by atoms with E-state index < -0.39 is 18.4 Å². The van der Waals surface area contributed by atoms with E-state index in [1.807, 2.05) is 0 Å². The smallest absolute Gasteiger partial charge is 0.322 e. The van der Waals surface area contributed by atoms with Crippen LogP contribution in [0.1, 0.15) is 10.5 Å². The van der Waals surface area contributed by atoms with Crippen molar-refractivity contribution < 1.29 is 14.7 Å². The average molecular weight is 280 g/mol. The zero-order valence-electron chi connectivity index (χ0n) is 9.68. The molecule has 0 fully saturated rings. The summed E-state index contributed by atoms with van der Waals surface area (Å²) < 4.78 is 0. The molecule has 2 aromatic rings. The van der Waals surface area contributed by atoms with Gasteiger partial charge in [0, 0.05) is 10.6 Å². The third-order valence-corrected chi connectivity index (χ3v) is 2.61. The van der Waals surface area contributed by atoms with Gasteiger partial charge in [0.05, 0.1) is 5.69 Å². The Hall–Kier alpha value is -2.34. The van der Waals surface area contributed by atoms with Crippen LogP contribution in [0.15, 0.2) is 30.3 Å². The highest BCUT2D eigenvalue weighted by Gasteiger charge is 2.11. The number of amides is 1. The van der Waals surface area contributed by atoms with E-state index in [1.54, 1.807) is 30.3 Å². The van der Waals surface area contributed by atoms with Crippen molar-refractivity contribution in [3.05, 3.63) is 41.0 Å². The molecule has 0 unspecified atom stereocenters. The molecule has 2 rings (SSSR count). The van der Waals surface area contributed by atoms with Crippen molar-refractivity contribution in [2.24, 2.45) is 0 Å². The number of carboxylic acid groups (broad SMARTS) is 1. The summed E-state index contributed by atoms with van der Waals surface area (Å²) in [5.74, 6) is -1.62. The van der Waals surface area contributed by atoms with Gasteiger partial charge in [0.2, 0.25) is 0 Å². The number of rotatable bonds is 4. The second-order valence-corrected chi connectivity index (χ2v) is 4.19. The number of H-pyrrole nitrogens is 1. The maximum Gasteiger partial charge on any atom is 0.322 e. The summed E-state index contributed by atoms with van der Waals surface area (Å²) in [5, 5.41) is 17.9. The molecule has 0 spiro atoms. The zero-order chi connectivity index (χ0) is 13.8. The van der Waals surface area contributed by atoms with Crippen molar-refractivity contribution in [1.82, 2.24) is 15.5 Å². The monoisotopic (exact) mass is 279 g/mol. The molecule has 0 radical (unpaired) electrons. The minimum Gasteiger partial charge on any atom is -0.480 e. The minimum absolute atomic E-state index is 0.200. The first-order valence-corrected chi connectivity index (χ1v) is 5.75. The number of carboxylic acids is 1. The van der Waals surface area contributed by atoms with Crippen molar-refractivity contribution in [3.63, 3.8) is 0 Å². The molecule has 1 aromatic carbocycles. The van der Waals surface area contributed by atoms with Crippen molar-refractivity contribution in [2.45, 2.75) is 0 Å². The second-order valence-electron chi connectivity index (χ2n) is 3.75. The second kappa shape index (κ2) is 5.53. The standard InChI is InChI=1S/C12H10ClN3O3/c13-8-3-1-7(2-4-8)9-5-10(16-15-9)12(19)14-6-11(17)18/h1-5H,6H2,(H,14,19)(H,15,16)(H,17,18). The van der Waals surface area contributed by atoms with Crippen LogP contribution in [0.4, 0.5) is 0 Å². The molecule has 0 atom stereocenters. The van der Waals surface area contributed by atoms with E-state index >= 15 is 0 Å². The number of hydrogen-bond acceptors (Lipinski definition) is 3. The van der Waals surface area contributed by atoms with Gasteiger partial charge in [-0.25, -0.2) is 0 Å². The quantitative estimate of drug-likeness (QED) is 0.791. The van der Waals surface area contributed by atoms with Crippen LogP contribution in [0.5, 0.6) is 0 Å². The van der Waals surface area contributed by atoms with Gasteiger partial charge in [-0.2, -0.15) is 5.10 Å². The maximum absolute atomic E-state index is 11.6. The van der Waals surface area contributed by atoms with Gasteiger partial charge in [0.15, 0.2) is 0 Å². The largest absolute Gasteiger partial charge is 0.480 e. The highest BCUT2D eigenvalue weighted by molar-refractivity contribution is 6.30. The van der Waals surface area contributed by atoms with Crippen LogP contribution in [0.2, 0.25) is 5.02 Å². The molecule has 0 aliphatic carbocycles. The molecule has 7 heteroatoms. The first-order valence-electron chi connectivity index (χ1n) is 5.37. The van der Waals surface area contributed by atoms with Crippen LogP contribution in [0.3, 0.4) is 0 Å². The van der Waals surface area contributed by atoms with Gasteiger partial charge >= 0.3 is 5.97 Å². The Morgan fingerprint density at radius 3 is 2.63 bits per heavy atom. The highest BCUT2D eigenvalue weighted by atomic mass is 35.5. The lowest BCUT2D eigenvalue weighted by atomic mass is 10.1. The summed E-state index contributed by atoms with van der Waals surface area (Å²) in [7, 11) is 0. The lowest BCUT2D eigenvalue weighted by Gasteiger charge is -1.98. The van der Waals surface area contributed by atoms with Crippen LogP contribution in [-0.2, 0) is 4.79 Å². The van der Waals surface area contributed by atoms with Crippen LogP contribution in [0, 0.1) is 0 Å². The highest BCUT2D eigenvalue weighted by Crippen LogP contribution is 2.20. The van der Waals surface area contributed by atoms with Gasteiger partial charge < -0.3 is 10.4 Å². The molecule has 98 valence electrons. The van der Waals surface area contributed by atoms with Gasteiger partial charge in [-0.3, -0.25) is 14.7 Å². The number of nitrogens with zero attached hydrogens (tertiary/aromatic N) is 1. The fourth-order valence-electron chi connectivity index (χ4n) is 1.46. The molecule has 0 saturated heterocycles. The Labute approximate surface area is 113 Å². The van der Waals surface area contributed by atoms with Crippen molar-refractivity contribution in [2.75, 3.05) is 6.54 Å². The fraction of sp³-hybridized carbons (Fsp3) is 0.0833. The Morgan fingerprint density at radius 1 is 1.32 bits per heavy atom. The molecule has 0 aliphatic heterocycles. The van der Waals surface area contributed by atoms with Crippen LogP contribution in [-0.4, -0.2) is 33.7 Å². The summed E-state index contributed by atoms with van der Waals surface area (Å²) in [4.78, 5) is 21.9. The van der Waals surface area contributed by atoms with Crippen LogP contribution >= 0.6 is 11.6 Å². The van der Waals surface area contributed by atoms with Crippen LogP contribution in [0.25, 0.3) is 11.3 Å². The summed E-state index contributed by atoms with van der Waals surface area (Å²) in [6.07, 6.45) is 0. The first kappa shape index (κ1) is 13.1. The summed E-state index contributed by atoms with van der Waals surface area (Å²) in [6.45, 7) is -0.436. The summed E-state index contributed by atoms with van der Waals surface area (Å²) in [5.41, 5.74) is 1.58. The number of carbonyl (C=O) groups excluding carboxylic acids is 1. The van der Waals surface area contributed by atoms with Crippen LogP contribution < -0.4 is 5.32 Å². The van der Waals surface area contributed by atoms with Gasteiger partial charge in [-0.15, -0.1) is 0 Å². The Balaban J connectivity index is 2.12. The molecular formula is C12H10ClN3O3. The van der Waals surface area contributed by atoms with Gasteiger partial charge in [0.1, 0.15) is 12.2 Å². The molecule has 0 bridgehead atoms. The first-order chi connectivity index (χ1) is 9.06. The van der Waals surface area contributed by atoms with Crippen molar-refractivity contribution in [3.8, 4) is 11.3 Å². The number of hydrogen-bond donors (Lipinski definition) is 3. The molecule has 3 N–H and O–H groups in total. The zero-order valence-corrected chi connectivity index (χ0v) is 10.4. The van der Waals surface area contributed by atoms with E-state index in [9.17, 15) is 9.59 Å². The normalized spacial score (nSPS) is 10.2. The minimum atomic E-state index is -1.11. The number of benzene rings is 1. The van der Waals surface area contributed by atoms with Crippen molar-refractivity contribution in [1.29, 1.82) is 0 Å². The number of carbonyl (C=O) groups is 2. The maximum atomic E-state index is 11.6. The fourth-order valence-corrected chi connectivity index (χ4v) is 1.58. The van der Waals surface area contributed by atoms with E-state index in [1.165, 1.54) is 0 Å². The molecule has 6 nitrogen and oxygen atoms in total. The number of nitrogens with one attached hydrogen (secondary N) is 2. The Kier molecular flexibility index (Phi) is 3.82. The number of aliphatic carboxylic acids is 1. The third kappa shape index (κ3) is 3.32. The van der Waals surface area contributed by atoms with Gasteiger partial charge in [0.25, 0.3) is 5.91 Å². The van der Waals surface area contributed by atoms with Crippen molar-refractivity contribution >= 4 is 23.5 Å².